The summed E-state index contributed by atoms with van der Waals surface area (Å²) < 4.78 is 0. The number of nitrogens with zero attached hydrogens (tertiary/aromatic N) is 1. The SMILES string of the molecule is C#CCN(C)C(=O)c1cccc(O)c1C. The lowest BCUT2D eigenvalue weighted by Crippen LogP contribution is -2.27. The van der Waals surface area contributed by atoms with Crippen LogP contribution in [0.15, 0.2) is 18.2 Å². The number of terminal acetylenes is 1. The van der Waals surface area contributed by atoms with Crippen LogP contribution < -0.4 is 0 Å². The number of carbonyl (C=O) groups is 1. The van der Waals surface area contributed by atoms with Crippen molar-refractivity contribution in [1.82, 2.24) is 4.90 Å². The minimum atomic E-state index is -0.179. The van der Waals surface area contributed by atoms with Crippen molar-refractivity contribution in [2.75, 3.05) is 13.6 Å². The highest BCUT2D eigenvalue weighted by atomic mass is 16.3. The number of aromatic hydroxyl groups is 1. The number of phenols is 1. The summed E-state index contributed by atoms with van der Waals surface area (Å²) in [5.41, 5.74) is 1.05. The third kappa shape index (κ3) is 2.29. The lowest BCUT2D eigenvalue weighted by molar-refractivity contribution is 0.0811. The van der Waals surface area contributed by atoms with Gasteiger partial charge in [0.2, 0.25) is 0 Å². The van der Waals surface area contributed by atoms with Crippen molar-refractivity contribution in [3.05, 3.63) is 29.3 Å². The Morgan fingerprint density at radius 1 is 1.60 bits per heavy atom. The van der Waals surface area contributed by atoms with Gasteiger partial charge in [0.1, 0.15) is 5.75 Å². The minimum Gasteiger partial charge on any atom is -0.508 e. The Morgan fingerprint density at radius 2 is 2.27 bits per heavy atom. The standard InChI is InChI=1S/C12H13NO2/c1-4-8-13(3)12(15)10-6-5-7-11(14)9(10)2/h1,5-7,14H,8H2,2-3H3. The molecule has 0 aliphatic rings. The van der Waals surface area contributed by atoms with Crippen molar-refractivity contribution in [3.63, 3.8) is 0 Å². The second-order valence-corrected chi connectivity index (χ2v) is 3.32. The highest BCUT2D eigenvalue weighted by Crippen LogP contribution is 2.20. The molecule has 3 heteroatoms. The van der Waals surface area contributed by atoms with Crippen LogP contribution in [0.2, 0.25) is 0 Å². The van der Waals surface area contributed by atoms with Crippen LogP contribution in [0.25, 0.3) is 0 Å². The van der Waals surface area contributed by atoms with Crippen molar-refractivity contribution in [3.8, 4) is 18.1 Å². The van der Waals surface area contributed by atoms with E-state index < -0.39 is 0 Å². The molecule has 0 bridgehead atoms. The van der Waals surface area contributed by atoms with Gasteiger partial charge in [0.15, 0.2) is 0 Å². The van der Waals surface area contributed by atoms with Gasteiger partial charge in [-0.2, -0.15) is 0 Å². The van der Waals surface area contributed by atoms with Crippen LogP contribution in [-0.2, 0) is 0 Å². The van der Waals surface area contributed by atoms with Gasteiger partial charge in [-0.05, 0) is 19.1 Å². The van der Waals surface area contributed by atoms with E-state index in [4.69, 9.17) is 6.42 Å². The van der Waals surface area contributed by atoms with E-state index in [-0.39, 0.29) is 18.2 Å². The van der Waals surface area contributed by atoms with Crippen molar-refractivity contribution in [1.29, 1.82) is 0 Å². The van der Waals surface area contributed by atoms with E-state index in [1.54, 1.807) is 32.2 Å². The fourth-order valence-corrected chi connectivity index (χ4v) is 1.27. The third-order valence-electron chi connectivity index (χ3n) is 2.21. The number of benzene rings is 1. The molecule has 3 nitrogen and oxygen atoms in total. The van der Waals surface area contributed by atoms with Gasteiger partial charge < -0.3 is 10.0 Å². The highest BCUT2D eigenvalue weighted by molar-refractivity contribution is 5.96. The summed E-state index contributed by atoms with van der Waals surface area (Å²) in [6, 6.07) is 4.86. The Balaban J connectivity index is 3.02. The van der Waals surface area contributed by atoms with Crippen LogP contribution >= 0.6 is 0 Å². The molecule has 0 saturated heterocycles. The minimum absolute atomic E-state index is 0.120. The summed E-state index contributed by atoms with van der Waals surface area (Å²) in [5, 5.41) is 9.45. The molecule has 0 heterocycles. The number of rotatable bonds is 2. The summed E-state index contributed by atoms with van der Waals surface area (Å²) >= 11 is 0. The first-order valence-corrected chi connectivity index (χ1v) is 4.55. The largest absolute Gasteiger partial charge is 0.508 e. The van der Waals surface area contributed by atoms with Crippen LogP contribution in [0.3, 0.4) is 0 Å². The van der Waals surface area contributed by atoms with E-state index in [0.29, 0.717) is 11.1 Å². The van der Waals surface area contributed by atoms with Gasteiger partial charge in [-0.15, -0.1) is 6.42 Å². The molecule has 1 N–H and O–H groups in total. The van der Waals surface area contributed by atoms with Crippen LogP contribution in [0.1, 0.15) is 15.9 Å². The highest BCUT2D eigenvalue weighted by Gasteiger charge is 2.14. The van der Waals surface area contributed by atoms with E-state index in [0.717, 1.165) is 0 Å². The predicted octanol–water partition coefficient (Wildman–Crippen LogP) is 1.41. The smallest absolute Gasteiger partial charge is 0.254 e. The van der Waals surface area contributed by atoms with E-state index in [1.165, 1.54) is 4.90 Å². The Bertz CT molecular complexity index is 418. The molecule has 0 radical (unpaired) electrons. The van der Waals surface area contributed by atoms with Gasteiger partial charge in [-0.25, -0.2) is 0 Å². The molecule has 0 saturated carbocycles. The molecule has 0 aliphatic carbocycles. The Morgan fingerprint density at radius 3 is 2.87 bits per heavy atom. The monoisotopic (exact) mass is 203 g/mol. The first-order chi connectivity index (χ1) is 7.07. The van der Waals surface area contributed by atoms with E-state index in [1.807, 2.05) is 0 Å². The summed E-state index contributed by atoms with van der Waals surface area (Å²) in [5.74, 6) is 2.34. The molecular formula is C12H13NO2. The van der Waals surface area contributed by atoms with Gasteiger partial charge in [0, 0.05) is 18.2 Å². The summed E-state index contributed by atoms with van der Waals surface area (Å²) in [4.78, 5) is 13.3. The van der Waals surface area contributed by atoms with Gasteiger partial charge in [-0.1, -0.05) is 12.0 Å². The second kappa shape index (κ2) is 4.52. The van der Waals surface area contributed by atoms with Gasteiger partial charge in [0.25, 0.3) is 5.91 Å². The number of amides is 1. The fourth-order valence-electron chi connectivity index (χ4n) is 1.27. The molecule has 1 amide bonds. The molecule has 1 aromatic rings. The maximum absolute atomic E-state index is 11.8. The van der Waals surface area contributed by atoms with Crippen molar-refractivity contribution >= 4 is 5.91 Å². The van der Waals surface area contributed by atoms with Crippen molar-refractivity contribution in [2.24, 2.45) is 0 Å². The Hall–Kier alpha value is -1.95. The summed E-state index contributed by atoms with van der Waals surface area (Å²) in [6.07, 6.45) is 5.12. The van der Waals surface area contributed by atoms with Crippen molar-refractivity contribution in [2.45, 2.75) is 6.92 Å². The average Bonchev–Trinajstić information content (AvgIpc) is 2.21. The average molecular weight is 203 g/mol. The number of carbonyl (C=O) groups excluding carboxylic acids is 1. The molecule has 0 fully saturated rings. The first-order valence-electron chi connectivity index (χ1n) is 4.55. The molecule has 0 aromatic heterocycles. The number of phenolic OH excluding ortho intramolecular Hbond substituents is 1. The van der Waals surface area contributed by atoms with Gasteiger partial charge in [-0.3, -0.25) is 4.79 Å². The maximum Gasteiger partial charge on any atom is 0.254 e. The summed E-state index contributed by atoms with van der Waals surface area (Å²) in [7, 11) is 1.63. The van der Waals surface area contributed by atoms with Crippen LogP contribution in [0.5, 0.6) is 5.75 Å². The summed E-state index contributed by atoms with van der Waals surface area (Å²) in [6.45, 7) is 1.96. The second-order valence-electron chi connectivity index (χ2n) is 3.32. The van der Waals surface area contributed by atoms with E-state index >= 15 is 0 Å². The quantitative estimate of drug-likeness (QED) is 0.738. The van der Waals surface area contributed by atoms with Crippen molar-refractivity contribution < 1.29 is 9.90 Å². The Kier molecular flexibility index (Phi) is 3.35. The molecular weight excluding hydrogens is 190 g/mol. The van der Waals surface area contributed by atoms with E-state index in [9.17, 15) is 9.90 Å². The zero-order valence-electron chi connectivity index (χ0n) is 8.82. The van der Waals surface area contributed by atoms with E-state index in [2.05, 4.69) is 5.92 Å². The molecule has 0 aliphatic heterocycles. The number of hydrogen-bond acceptors (Lipinski definition) is 2. The topological polar surface area (TPSA) is 40.5 Å². The lowest BCUT2D eigenvalue weighted by Gasteiger charge is -2.15. The normalized spacial score (nSPS) is 9.40. The van der Waals surface area contributed by atoms with Crippen LogP contribution in [0, 0.1) is 19.3 Å². The lowest BCUT2D eigenvalue weighted by atomic mass is 10.1. The van der Waals surface area contributed by atoms with Crippen LogP contribution in [0.4, 0.5) is 0 Å². The molecule has 0 spiro atoms. The zero-order valence-corrected chi connectivity index (χ0v) is 8.82. The first kappa shape index (κ1) is 11.1. The molecule has 0 unspecified atom stereocenters. The Labute approximate surface area is 89.3 Å². The number of hydrogen-bond donors (Lipinski definition) is 1. The fraction of sp³-hybridized carbons (Fsp3) is 0.250. The molecule has 78 valence electrons. The zero-order chi connectivity index (χ0) is 11.4. The molecule has 15 heavy (non-hydrogen) atoms. The maximum atomic E-state index is 11.8. The molecule has 1 rings (SSSR count). The van der Waals surface area contributed by atoms with Gasteiger partial charge in [0.05, 0.1) is 6.54 Å². The van der Waals surface area contributed by atoms with Crippen LogP contribution in [-0.4, -0.2) is 29.5 Å². The third-order valence-corrected chi connectivity index (χ3v) is 2.21. The van der Waals surface area contributed by atoms with Gasteiger partial charge >= 0.3 is 0 Å². The molecule has 0 atom stereocenters. The molecule has 1 aromatic carbocycles. The predicted molar refractivity (Wildman–Crippen MR) is 58.6 cm³/mol.